The van der Waals surface area contributed by atoms with Gasteiger partial charge in [0.15, 0.2) is 17.7 Å². The molecule has 0 saturated heterocycles. The van der Waals surface area contributed by atoms with Crippen molar-refractivity contribution < 1.29 is 15.1 Å². The highest BCUT2D eigenvalue weighted by atomic mass is 35.5. The second-order valence-corrected chi connectivity index (χ2v) is 5.84. The smallest absolute Gasteiger partial charge is 0.183 e. The largest absolute Gasteiger partial charge is 0.628 e. The molecule has 0 saturated carbocycles. The molecule has 1 aromatic carbocycles. The maximum Gasteiger partial charge on any atom is 0.183 e. The van der Waals surface area contributed by atoms with Crippen molar-refractivity contribution in [3.63, 3.8) is 0 Å². The van der Waals surface area contributed by atoms with Crippen LogP contribution in [0.5, 0.6) is 0 Å². The van der Waals surface area contributed by atoms with E-state index in [1.54, 1.807) is 18.2 Å². The summed E-state index contributed by atoms with van der Waals surface area (Å²) in [4.78, 5) is 11.0. The van der Waals surface area contributed by atoms with Crippen LogP contribution in [-0.4, -0.2) is 11.4 Å². The first-order valence-electron chi connectivity index (χ1n) is 6.41. The fourth-order valence-corrected chi connectivity index (χ4v) is 2.81. The molecule has 1 aromatic rings. The summed E-state index contributed by atoms with van der Waals surface area (Å²) >= 11 is 6.12. The van der Waals surface area contributed by atoms with Gasteiger partial charge in [-0.2, -0.15) is 0 Å². The van der Waals surface area contributed by atoms with E-state index in [1.807, 2.05) is 19.1 Å². The molecule has 112 valence electrons. The Morgan fingerprint density at radius 3 is 2.67 bits per heavy atom. The summed E-state index contributed by atoms with van der Waals surface area (Å²) in [7, 11) is 0. The number of aliphatic hydroxyl groups is 1. The Bertz CT molecular complexity index is 624. The van der Waals surface area contributed by atoms with Gasteiger partial charge in [0.1, 0.15) is 0 Å². The maximum atomic E-state index is 11.1. The molecule has 0 aliphatic heterocycles. The number of hydrogen-bond acceptors (Lipinski definition) is 4. The third-order valence-electron chi connectivity index (χ3n) is 3.57. The third kappa shape index (κ3) is 3.33. The van der Waals surface area contributed by atoms with Crippen molar-refractivity contribution in [1.29, 1.82) is 0 Å². The van der Waals surface area contributed by atoms with Gasteiger partial charge in [0.05, 0.1) is 5.57 Å². The van der Waals surface area contributed by atoms with Gasteiger partial charge in [-0.15, -0.1) is 0 Å². The fourth-order valence-electron chi connectivity index (χ4n) is 2.61. The van der Waals surface area contributed by atoms with Crippen molar-refractivity contribution >= 4 is 17.9 Å². The number of carbonyl (C=O) groups is 1. The summed E-state index contributed by atoms with van der Waals surface area (Å²) in [5.41, 5.74) is -0.0746. The van der Waals surface area contributed by atoms with Gasteiger partial charge >= 0.3 is 0 Å². The van der Waals surface area contributed by atoms with E-state index in [-0.39, 0.29) is 17.7 Å². The first-order chi connectivity index (χ1) is 9.86. The number of aliphatic hydroxyl groups excluding tert-OH is 1. The number of halogens is 1. The van der Waals surface area contributed by atoms with Crippen LogP contribution in [0, 0.1) is 15.8 Å². The molecule has 0 heterocycles. The number of carbonyl (C=O) groups excluding carboxylic acids is 1. The van der Waals surface area contributed by atoms with Crippen LogP contribution in [-0.2, 0) is 11.2 Å². The molecule has 5 nitrogen and oxygen atoms in total. The van der Waals surface area contributed by atoms with Gasteiger partial charge in [0.2, 0.25) is 0 Å². The van der Waals surface area contributed by atoms with Gasteiger partial charge < -0.3 is 20.7 Å². The molecule has 0 spiro atoms. The van der Waals surface area contributed by atoms with Crippen molar-refractivity contribution in [2.24, 2.45) is 5.41 Å². The molecule has 6 heteroatoms. The van der Waals surface area contributed by atoms with Gasteiger partial charge in [-0.05, 0) is 23.5 Å². The predicted octanol–water partition coefficient (Wildman–Crippen LogP) is 2.07. The van der Waals surface area contributed by atoms with Crippen molar-refractivity contribution in [2.75, 3.05) is 0 Å². The summed E-state index contributed by atoms with van der Waals surface area (Å²) in [5.74, 6) is -0.512. The second-order valence-electron chi connectivity index (χ2n) is 5.43. The fraction of sp³-hybridized carbons (Fsp3) is 0.267. The minimum atomic E-state index is -1.47. The lowest BCUT2D eigenvalue weighted by Crippen LogP contribution is -3.00. The van der Waals surface area contributed by atoms with Crippen LogP contribution in [0.25, 0.3) is 0 Å². The van der Waals surface area contributed by atoms with Crippen LogP contribution >= 0.6 is 11.6 Å². The number of allylic oxidation sites excluding steroid dienone is 3. The lowest BCUT2D eigenvalue weighted by Gasteiger charge is -2.37. The highest BCUT2D eigenvalue weighted by molar-refractivity contribution is 6.31. The molecule has 0 radical (unpaired) electrons. The number of hydroxylamine groups is 2. The first kappa shape index (κ1) is 15.7. The lowest BCUT2D eigenvalue weighted by molar-refractivity contribution is -0.751. The second kappa shape index (κ2) is 5.99. The van der Waals surface area contributed by atoms with E-state index in [4.69, 9.17) is 11.6 Å². The highest BCUT2D eigenvalue weighted by Gasteiger charge is 2.34. The summed E-state index contributed by atoms with van der Waals surface area (Å²) in [6.07, 6.45) is 2.56. The molecule has 1 atom stereocenters. The zero-order chi connectivity index (χ0) is 15.6. The Balaban J connectivity index is 2.38. The minimum Gasteiger partial charge on any atom is -0.628 e. The van der Waals surface area contributed by atoms with Crippen LogP contribution < -0.4 is 5.23 Å². The van der Waals surface area contributed by atoms with Gasteiger partial charge in [-0.1, -0.05) is 42.8 Å². The number of quaternary nitrogens is 1. The Hall–Kier alpha value is -1.66. The standard InChI is InChI=1S/C15H15ClNO4/c1-15(6-10-4-2-3-5-12(10)16)7-11(9-18)14(19)13(8-15)17(20)21/h2-5,7,9,17,19H,6,8H2,1H3/q-1. The Morgan fingerprint density at radius 1 is 1.43 bits per heavy atom. The molecule has 2 N–H and O–H groups in total. The van der Waals surface area contributed by atoms with Crippen LogP contribution in [0.1, 0.15) is 18.9 Å². The molecular formula is C15H15ClNO4-. The van der Waals surface area contributed by atoms with Crippen LogP contribution in [0.2, 0.25) is 5.02 Å². The third-order valence-corrected chi connectivity index (χ3v) is 3.94. The van der Waals surface area contributed by atoms with Crippen LogP contribution in [0.3, 0.4) is 0 Å². The summed E-state index contributed by atoms with van der Waals surface area (Å²) in [6.45, 7) is 1.81. The van der Waals surface area contributed by atoms with Crippen LogP contribution in [0.15, 0.2) is 47.4 Å². The molecule has 0 amide bonds. The SMILES string of the molecule is CC1(Cc2ccccc2Cl)C=C(C=O)C(O)=C([NH+]([O-])[O-])C1. The van der Waals surface area contributed by atoms with E-state index in [0.717, 1.165) is 5.56 Å². The lowest BCUT2D eigenvalue weighted by atomic mass is 9.75. The number of aldehydes is 1. The van der Waals surface area contributed by atoms with E-state index in [0.29, 0.717) is 17.7 Å². The zero-order valence-electron chi connectivity index (χ0n) is 11.4. The molecule has 21 heavy (non-hydrogen) atoms. The average molecular weight is 309 g/mol. The molecule has 1 aliphatic rings. The van der Waals surface area contributed by atoms with E-state index in [2.05, 4.69) is 0 Å². The van der Waals surface area contributed by atoms with E-state index in [1.165, 1.54) is 0 Å². The topological polar surface area (TPSA) is 87.9 Å². The van der Waals surface area contributed by atoms with Crippen LogP contribution in [0.4, 0.5) is 0 Å². The predicted molar refractivity (Wildman–Crippen MR) is 79.4 cm³/mol. The number of nitrogens with one attached hydrogen (secondary N) is 1. The van der Waals surface area contributed by atoms with E-state index in [9.17, 15) is 20.3 Å². The minimum absolute atomic E-state index is 0.0324. The molecule has 1 aliphatic carbocycles. The first-order valence-corrected chi connectivity index (χ1v) is 6.79. The van der Waals surface area contributed by atoms with Crippen molar-refractivity contribution in [2.45, 2.75) is 19.8 Å². The van der Waals surface area contributed by atoms with Crippen molar-refractivity contribution in [3.05, 3.63) is 68.4 Å². The number of benzene rings is 1. The molecular weight excluding hydrogens is 294 g/mol. The molecule has 0 aromatic heterocycles. The molecule has 0 fully saturated rings. The summed E-state index contributed by atoms with van der Waals surface area (Å²) in [6, 6.07) is 7.24. The van der Waals surface area contributed by atoms with Crippen molar-refractivity contribution in [1.82, 2.24) is 0 Å². The molecule has 1 unspecified atom stereocenters. The van der Waals surface area contributed by atoms with Gasteiger partial charge in [0, 0.05) is 11.4 Å². The summed E-state index contributed by atoms with van der Waals surface area (Å²) < 4.78 is 0. The maximum absolute atomic E-state index is 11.1. The van der Waals surface area contributed by atoms with E-state index < -0.39 is 16.4 Å². The monoisotopic (exact) mass is 308 g/mol. The van der Waals surface area contributed by atoms with Gasteiger partial charge in [-0.3, -0.25) is 4.79 Å². The Kier molecular flexibility index (Phi) is 4.49. The number of rotatable bonds is 4. The van der Waals surface area contributed by atoms with E-state index >= 15 is 0 Å². The Labute approximate surface area is 127 Å². The molecule has 2 rings (SSSR count). The quantitative estimate of drug-likeness (QED) is 0.658. The zero-order valence-corrected chi connectivity index (χ0v) is 12.2. The summed E-state index contributed by atoms with van der Waals surface area (Å²) in [5, 5.41) is 31.2. The number of hydrogen-bond donors (Lipinski definition) is 2. The van der Waals surface area contributed by atoms with Gasteiger partial charge in [-0.25, -0.2) is 0 Å². The highest BCUT2D eigenvalue weighted by Crippen LogP contribution is 2.38. The normalized spacial score (nSPS) is 22.4. The molecule has 0 bridgehead atoms. The average Bonchev–Trinajstić information content (AvgIpc) is 2.43. The van der Waals surface area contributed by atoms with Gasteiger partial charge in [0.25, 0.3) is 0 Å². The Morgan fingerprint density at radius 2 is 2.10 bits per heavy atom. The van der Waals surface area contributed by atoms with Crippen molar-refractivity contribution in [3.8, 4) is 0 Å².